The van der Waals surface area contributed by atoms with Crippen molar-refractivity contribution in [3.8, 4) is 0 Å². The summed E-state index contributed by atoms with van der Waals surface area (Å²) in [6, 6.07) is 6.87. The average Bonchev–Trinajstić information content (AvgIpc) is 3.37. The molecular formula is C19H30FIN4O2S. The van der Waals surface area contributed by atoms with Crippen LogP contribution in [0, 0.1) is 11.7 Å². The van der Waals surface area contributed by atoms with Crippen LogP contribution in [-0.2, 0) is 15.4 Å². The van der Waals surface area contributed by atoms with Crippen LogP contribution in [0.2, 0.25) is 0 Å². The van der Waals surface area contributed by atoms with Crippen LogP contribution >= 0.6 is 24.0 Å². The zero-order valence-electron chi connectivity index (χ0n) is 16.2. The number of rotatable bonds is 9. The number of halogens is 2. The third-order valence-corrected chi connectivity index (χ3v) is 6.94. The fourth-order valence-corrected chi connectivity index (χ4v) is 4.38. The van der Waals surface area contributed by atoms with Gasteiger partial charge in [0, 0.05) is 32.1 Å². The quantitative estimate of drug-likeness (QED) is 0.263. The van der Waals surface area contributed by atoms with Gasteiger partial charge in [-0.2, -0.15) is 0 Å². The monoisotopic (exact) mass is 524 g/mol. The van der Waals surface area contributed by atoms with Gasteiger partial charge in [-0.25, -0.2) is 17.5 Å². The second-order valence-corrected chi connectivity index (χ2v) is 9.50. The minimum Gasteiger partial charge on any atom is -0.356 e. The second-order valence-electron chi connectivity index (χ2n) is 7.58. The number of benzene rings is 1. The highest BCUT2D eigenvalue weighted by molar-refractivity contribution is 14.0. The van der Waals surface area contributed by atoms with Crippen LogP contribution in [-0.4, -0.2) is 46.8 Å². The van der Waals surface area contributed by atoms with Crippen molar-refractivity contribution in [2.24, 2.45) is 10.9 Å². The van der Waals surface area contributed by atoms with Crippen LogP contribution in [0.3, 0.4) is 0 Å². The van der Waals surface area contributed by atoms with Crippen molar-refractivity contribution in [1.82, 2.24) is 15.4 Å². The normalized spacial score (nSPS) is 18.7. The van der Waals surface area contributed by atoms with Gasteiger partial charge in [0.15, 0.2) is 5.96 Å². The molecule has 6 nitrogen and oxygen atoms in total. The molecule has 0 amide bonds. The van der Waals surface area contributed by atoms with Crippen molar-refractivity contribution in [1.29, 1.82) is 0 Å². The van der Waals surface area contributed by atoms with Gasteiger partial charge in [0.1, 0.15) is 5.82 Å². The molecule has 0 unspecified atom stereocenters. The van der Waals surface area contributed by atoms with Gasteiger partial charge in [-0.3, -0.25) is 4.99 Å². The summed E-state index contributed by atoms with van der Waals surface area (Å²) in [5, 5.41) is 6.24. The largest absolute Gasteiger partial charge is 0.356 e. The molecule has 0 saturated heterocycles. The van der Waals surface area contributed by atoms with Crippen molar-refractivity contribution in [2.75, 3.05) is 32.4 Å². The first-order valence-corrected chi connectivity index (χ1v) is 11.3. The summed E-state index contributed by atoms with van der Waals surface area (Å²) in [6.07, 6.45) is 5.28. The average molecular weight is 524 g/mol. The van der Waals surface area contributed by atoms with E-state index in [1.165, 1.54) is 12.5 Å². The zero-order chi connectivity index (χ0) is 19.3. The zero-order valence-corrected chi connectivity index (χ0v) is 19.4. The van der Waals surface area contributed by atoms with Gasteiger partial charge in [-0.1, -0.05) is 24.6 Å². The second kappa shape index (κ2) is 10.2. The number of nitrogens with one attached hydrogen (secondary N) is 3. The van der Waals surface area contributed by atoms with E-state index in [9.17, 15) is 12.8 Å². The van der Waals surface area contributed by atoms with Gasteiger partial charge in [-0.15, -0.1) is 24.0 Å². The van der Waals surface area contributed by atoms with Crippen molar-refractivity contribution in [2.45, 2.75) is 37.5 Å². The van der Waals surface area contributed by atoms with E-state index in [2.05, 4.69) is 20.3 Å². The Morgan fingerprint density at radius 3 is 2.54 bits per heavy atom. The molecule has 3 rings (SSSR count). The van der Waals surface area contributed by atoms with Crippen molar-refractivity contribution < 1.29 is 12.8 Å². The Hall–Kier alpha value is -0.940. The van der Waals surface area contributed by atoms with E-state index >= 15 is 0 Å². The van der Waals surface area contributed by atoms with Crippen molar-refractivity contribution in [3.05, 3.63) is 35.6 Å². The maximum atomic E-state index is 14.1. The lowest BCUT2D eigenvalue weighted by atomic mass is 9.86. The molecule has 2 fully saturated rings. The molecule has 0 atom stereocenters. The van der Waals surface area contributed by atoms with Crippen LogP contribution < -0.4 is 15.4 Å². The third-order valence-electron chi connectivity index (χ3n) is 5.60. The molecular weight excluding hydrogens is 494 g/mol. The van der Waals surface area contributed by atoms with Gasteiger partial charge >= 0.3 is 0 Å². The molecule has 1 aromatic carbocycles. The minimum atomic E-state index is -3.28. The Labute approximate surface area is 184 Å². The molecule has 2 aliphatic carbocycles. The van der Waals surface area contributed by atoms with Crippen LogP contribution in [0.15, 0.2) is 29.3 Å². The third kappa shape index (κ3) is 6.28. The summed E-state index contributed by atoms with van der Waals surface area (Å²) in [6.45, 7) is 1.38. The molecule has 0 spiro atoms. The summed E-state index contributed by atoms with van der Waals surface area (Å²) in [7, 11) is -1.64. The standard InChI is InChI=1S/C19H29FN4O2S.HI/c1-21-18(22-11-12-27(25,26)24-13-15-5-4-6-15)23-14-19(9-10-19)16-7-2-3-8-17(16)20;/h2-3,7-8,15,24H,4-6,9-14H2,1H3,(H2,21,22,23);1H. The summed E-state index contributed by atoms with van der Waals surface area (Å²) in [5.41, 5.74) is 0.537. The van der Waals surface area contributed by atoms with E-state index in [1.807, 2.05) is 12.1 Å². The van der Waals surface area contributed by atoms with E-state index < -0.39 is 10.0 Å². The number of hydrogen-bond donors (Lipinski definition) is 3. The minimum absolute atomic E-state index is 0. The maximum Gasteiger partial charge on any atom is 0.213 e. The Morgan fingerprint density at radius 1 is 1.25 bits per heavy atom. The summed E-state index contributed by atoms with van der Waals surface area (Å²) >= 11 is 0. The highest BCUT2D eigenvalue weighted by atomic mass is 127. The van der Waals surface area contributed by atoms with Gasteiger partial charge in [0.25, 0.3) is 0 Å². The van der Waals surface area contributed by atoms with Crippen molar-refractivity contribution in [3.63, 3.8) is 0 Å². The number of hydrogen-bond acceptors (Lipinski definition) is 3. The molecule has 9 heteroatoms. The van der Waals surface area contributed by atoms with Crippen LogP contribution in [0.5, 0.6) is 0 Å². The highest BCUT2D eigenvalue weighted by Crippen LogP contribution is 2.48. The number of sulfonamides is 1. The molecule has 0 bridgehead atoms. The predicted octanol–water partition coefficient (Wildman–Crippen LogP) is 2.36. The molecule has 2 saturated carbocycles. The summed E-state index contributed by atoms with van der Waals surface area (Å²) in [5.74, 6) is 0.851. The first-order chi connectivity index (χ1) is 12.9. The SMILES string of the molecule is CN=C(NCCS(=O)(=O)NCC1CCC1)NCC1(c2ccccc2F)CC1.I. The molecule has 28 heavy (non-hydrogen) atoms. The first kappa shape index (κ1) is 23.3. The number of nitrogens with zero attached hydrogens (tertiary/aromatic N) is 1. The topological polar surface area (TPSA) is 82.6 Å². The lowest BCUT2D eigenvalue weighted by molar-refractivity contribution is 0.316. The van der Waals surface area contributed by atoms with Crippen LogP contribution in [0.1, 0.15) is 37.7 Å². The molecule has 3 N–H and O–H groups in total. The Morgan fingerprint density at radius 2 is 1.96 bits per heavy atom. The lowest BCUT2D eigenvalue weighted by Crippen LogP contribution is -2.44. The fourth-order valence-electron chi connectivity index (χ4n) is 3.37. The predicted molar refractivity (Wildman–Crippen MR) is 121 cm³/mol. The summed E-state index contributed by atoms with van der Waals surface area (Å²) < 4.78 is 40.8. The van der Waals surface area contributed by atoms with Gasteiger partial charge in [0.2, 0.25) is 10.0 Å². The smallest absolute Gasteiger partial charge is 0.213 e. The summed E-state index contributed by atoms with van der Waals surface area (Å²) in [4.78, 5) is 4.14. The van der Waals surface area contributed by atoms with Crippen molar-refractivity contribution >= 4 is 40.0 Å². The fraction of sp³-hybridized carbons (Fsp3) is 0.632. The maximum absolute atomic E-state index is 14.1. The molecule has 0 aromatic heterocycles. The number of guanidine groups is 1. The van der Waals surface area contributed by atoms with E-state index in [0.717, 1.165) is 31.2 Å². The van der Waals surface area contributed by atoms with E-state index in [0.29, 0.717) is 25.0 Å². The van der Waals surface area contributed by atoms with Crippen LogP contribution in [0.4, 0.5) is 4.39 Å². The molecule has 158 valence electrons. The highest BCUT2D eigenvalue weighted by Gasteiger charge is 2.45. The molecule has 2 aliphatic rings. The van der Waals surface area contributed by atoms with Gasteiger partial charge < -0.3 is 10.6 Å². The van der Waals surface area contributed by atoms with Gasteiger partial charge in [0.05, 0.1) is 5.75 Å². The van der Waals surface area contributed by atoms with Gasteiger partial charge in [-0.05, 0) is 43.2 Å². The molecule has 0 heterocycles. The number of aliphatic imine (C=N–C) groups is 1. The first-order valence-electron chi connectivity index (χ1n) is 9.61. The van der Waals surface area contributed by atoms with E-state index in [-0.39, 0.29) is 47.5 Å². The lowest BCUT2D eigenvalue weighted by Gasteiger charge is -2.25. The molecule has 1 aromatic rings. The Kier molecular flexibility index (Phi) is 8.50. The molecule has 0 aliphatic heterocycles. The van der Waals surface area contributed by atoms with E-state index in [1.54, 1.807) is 13.1 Å². The van der Waals surface area contributed by atoms with E-state index in [4.69, 9.17) is 0 Å². The molecule has 0 radical (unpaired) electrons. The van der Waals surface area contributed by atoms with Crippen LogP contribution in [0.25, 0.3) is 0 Å². The Balaban J connectivity index is 0.00000280. The Bertz CT molecular complexity index is 780.